The molecule has 0 saturated heterocycles. The zero-order chi connectivity index (χ0) is 5.11. The van der Waals surface area contributed by atoms with Crippen molar-refractivity contribution in [1.29, 1.82) is 0 Å². The fourth-order valence-corrected chi connectivity index (χ4v) is 1.09. The van der Waals surface area contributed by atoms with Crippen LogP contribution >= 0.6 is 11.8 Å². The second-order valence-corrected chi connectivity index (χ2v) is 2.84. The van der Waals surface area contributed by atoms with Gasteiger partial charge in [0.15, 0.2) is 0 Å². The highest BCUT2D eigenvalue weighted by Gasteiger charge is 1.93. The zero-order valence-electron chi connectivity index (χ0n) is 4.29. The molecule has 0 N–H and O–H groups in total. The fraction of sp³-hybridized carbons (Fsp3) is 0.333. The fourth-order valence-electron chi connectivity index (χ4n) is 0.481. The summed E-state index contributed by atoms with van der Waals surface area (Å²) >= 11 is 1.85. The summed E-state index contributed by atoms with van der Waals surface area (Å²) in [6, 6.07) is 0. The molecule has 7 heavy (non-hydrogen) atoms. The zero-order valence-corrected chi connectivity index (χ0v) is 5.11. The van der Waals surface area contributed by atoms with Crippen molar-refractivity contribution >= 4 is 11.8 Å². The van der Waals surface area contributed by atoms with E-state index in [1.807, 2.05) is 11.8 Å². The van der Waals surface area contributed by atoms with Gasteiger partial charge in [-0.05, 0) is 12.3 Å². The van der Waals surface area contributed by atoms with E-state index in [1.165, 1.54) is 0 Å². The van der Waals surface area contributed by atoms with Crippen molar-refractivity contribution in [3.05, 3.63) is 23.6 Å². The molecular formula is C6H8S. The van der Waals surface area contributed by atoms with Crippen molar-refractivity contribution in [3.63, 3.8) is 0 Å². The van der Waals surface area contributed by atoms with E-state index < -0.39 is 0 Å². The van der Waals surface area contributed by atoms with Gasteiger partial charge in [-0.2, -0.15) is 0 Å². The molecule has 1 unspecified atom stereocenters. The van der Waals surface area contributed by atoms with Crippen molar-refractivity contribution in [1.82, 2.24) is 0 Å². The first-order valence-corrected chi connectivity index (χ1v) is 3.32. The minimum atomic E-state index is 0.685. The maximum atomic E-state index is 2.19. The largest absolute Gasteiger partial charge is 0.127 e. The van der Waals surface area contributed by atoms with E-state index in [-0.39, 0.29) is 0 Å². The average Bonchev–Trinajstić information content (AvgIpc) is 1.69. The van der Waals surface area contributed by atoms with E-state index in [0.717, 1.165) is 0 Å². The maximum absolute atomic E-state index is 2.19. The molecule has 1 aliphatic heterocycles. The van der Waals surface area contributed by atoms with E-state index in [4.69, 9.17) is 0 Å². The molecule has 0 nitrogen and oxygen atoms in total. The number of hydrogen-bond acceptors (Lipinski definition) is 1. The van der Waals surface area contributed by atoms with Gasteiger partial charge in [-0.3, -0.25) is 0 Å². The number of thioether (sulfide) groups is 1. The van der Waals surface area contributed by atoms with Gasteiger partial charge >= 0.3 is 0 Å². The molecule has 38 valence electrons. The van der Waals surface area contributed by atoms with Gasteiger partial charge in [0.25, 0.3) is 0 Å². The first-order valence-electron chi connectivity index (χ1n) is 2.38. The van der Waals surface area contributed by atoms with E-state index in [9.17, 15) is 0 Å². The molecule has 0 bridgehead atoms. The lowest BCUT2D eigenvalue weighted by molar-refractivity contribution is 1.25. The van der Waals surface area contributed by atoms with Gasteiger partial charge in [-0.15, -0.1) is 11.8 Å². The maximum Gasteiger partial charge on any atom is 0.0243 e. The Morgan fingerprint density at radius 2 is 2.29 bits per heavy atom. The van der Waals surface area contributed by atoms with E-state index in [0.29, 0.717) is 5.25 Å². The van der Waals surface area contributed by atoms with E-state index in [1.54, 1.807) is 0 Å². The van der Waals surface area contributed by atoms with Gasteiger partial charge in [0.1, 0.15) is 0 Å². The molecule has 0 aromatic carbocycles. The average molecular weight is 112 g/mol. The van der Waals surface area contributed by atoms with Crippen LogP contribution in [0.4, 0.5) is 0 Å². The topological polar surface area (TPSA) is 0 Å². The minimum absolute atomic E-state index is 0.685. The number of hydrogen-bond donors (Lipinski definition) is 0. The lowest BCUT2D eigenvalue weighted by atomic mass is 10.4. The van der Waals surface area contributed by atoms with Crippen molar-refractivity contribution < 1.29 is 0 Å². The van der Waals surface area contributed by atoms with Crippen LogP contribution < -0.4 is 0 Å². The summed E-state index contributed by atoms with van der Waals surface area (Å²) in [7, 11) is 0. The van der Waals surface area contributed by atoms with Crippen LogP contribution in [0, 0.1) is 0 Å². The van der Waals surface area contributed by atoms with Crippen molar-refractivity contribution in [2.45, 2.75) is 12.2 Å². The molecule has 1 rings (SSSR count). The molecule has 0 spiro atoms. The molecule has 0 amide bonds. The smallest absolute Gasteiger partial charge is 0.0243 e. The summed E-state index contributed by atoms with van der Waals surface area (Å²) in [5, 5.41) is 2.80. The van der Waals surface area contributed by atoms with Gasteiger partial charge in [0, 0.05) is 5.25 Å². The van der Waals surface area contributed by atoms with Crippen LogP contribution in [-0.2, 0) is 0 Å². The highest BCUT2D eigenvalue weighted by atomic mass is 32.2. The summed E-state index contributed by atoms with van der Waals surface area (Å²) in [5.74, 6) is 0. The van der Waals surface area contributed by atoms with Crippen LogP contribution in [0.2, 0.25) is 0 Å². The molecule has 0 saturated carbocycles. The Bertz CT molecular complexity index is 103. The Morgan fingerprint density at radius 1 is 1.43 bits per heavy atom. The molecule has 1 heteroatoms. The Balaban J connectivity index is 2.49. The van der Waals surface area contributed by atoms with E-state index >= 15 is 0 Å². The number of rotatable bonds is 0. The summed E-state index contributed by atoms with van der Waals surface area (Å²) in [6.45, 7) is 2.19. The van der Waals surface area contributed by atoms with Crippen LogP contribution in [0.3, 0.4) is 0 Å². The predicted octanol–water partition coefficient (Wildman–Crippen LogP) is 2.19. The molecule has 1 heterocycles. The van der Waals surface area contributed by atoms with Gasteiger partial charge in [-0.1, -0.05) is 18.2 Å². The Kier molecular flexibility index (Phi) is 1.58. The Morgan fingerprint density at radius 3 is 2.57 bits per heavy atom. The summed E-state index contributed by atoms with van der Waals surface area (Å²) < 4.78 is 0. The molecule has 1 aliphatic rings. The summed E-state index contributed by atoms with van der Waals surface area (Å²) in [4.78, 5) is 0. The molecule has 0 aromatic rings. The second kappa shape index (κ2) is 2.22. The van der Waals surface area contributed by atoms with Gasteiger partial charge in [0.2, 0.25) is 0 Å². The van der Waals surface area contributed by atoms with Crippen LogP contribution in [0.15, 0.2) is 23.6 Å². The third kappa shape index (κ3) is 1.39. The SMILES string of the molecule is CC1C=CC=CS1. The van der Waals surface area contributed by atoms with Gasteiger partial charge in [-0.25, -0.2) is 0 Å². The minimum Gasteiger partial charge on any atom is -0.127 e. The molecule has 0 aliphatic carbocycles. The van der Waals surface area contributed by atoms with Crippen LogP contribution in [-0.4, -0.2) is 5.25 Å². The Labute approximate surface area is 48.3 Å². The standard InChI is InChI=1S/C6H8S/c1-6-4-2-3-5-7-6/h2-6H,1H3. The highest BCUT2D eigenvalue weighted by Crippen LogP contribution is 2.16. The van der Waals surface area contributed by atoms with Crippen LogP contribution in [0.25, 0.3) is 0 Å². The lowest BCUT2D eigenvalue weighted by Gasteiger charge is -2.01. The third-order valence-electron chi connectivity index (χ3n) is 0.865. The van der Waals surface area contributed by atoms with Crippen molar-refractivity contribution in [3.8, 4) is 0 Å². The normalized spacial score (nSPS) is 28.4. The highest BCUT2D eigenvalue weighted by molar-refractivity contribution is 8.02. The predicted molar refractivity (Wildman–Crippen MR) is 35.3 cm³/mol. The van der Waals surface area contributed by atoms with Gasteiger partial charge in [0.05, 0.1) is 0 Å². The molecule has 0 fully saturated rings. The quantitative estimate of drug-likeness (QED) is 0.463. The summed E-state index contributed by atoms with van der Waals surface area (Å²) in [5.41, 5.74) is 0. The molecule has 1 atom stereocenters. The monoisotopic (exact) mass is 112 g/mol. The first-order chi connectivity index (χ1) is 3.39. The number of allylic oxidation sites excluding steroid dienone is 2. The van der Waals surface area contributed by atoms with Crippen molar-refractivity contribution in [2.75, 3.05) is 0 Å². The second-order valence-electron chi connectivity index (χ2n) is 1.55. The lowest BCUT2D eigenvalue weighted by Crippen LogP contribution is -1.87. The van der Waals surface area contributed by atoms with Gasteiger partial charge < -0.3 is 0 Å². The van der Waals surface area contributed by atoms with Crippen LogP contribution in [0.5, 0.6) is 0 Å². The molecular weight excluding hydrogens is 104 g/mol. The molecule has 0 aromatic heterocycles. The van der Waals surface area contributed by atoms with Crippen molar-refractivity contribution in [2.24, 2.45) is 0 Å². The summed E-state index contributed by atoms with van der Waals surface area (Å²) in [6.07, 6.45) is 6.33. The Hall–Kier alpha value is -0.170. The van der Waals surface area contributed by atoms with E-state index in [2.05, 4.69) is 30.6 Å². The third-order valence-corrected chi connectivity index (χ3v) is 1.77. The molecule has 0 radical (unpaired) electrons. The first kappa shape index (κ1) is 4.98. The van der Waals surface area contributed by atoms with Crippen LogP contribution in [0.1, 0.15) is 6.92 Å².